The summed E-state index contributed by atoms with van der Waals surface area (Å²) in [7, 11) is 0. The van der Waals surface area contributed by atoms with Gasteiger partial charge in [-0.3, -0.25) is 0 Å². The topological polar surface area (TPSA) is 53.1 Å². The molecule has 0 radical (unpaired) electrons. The second kappa shape index (κ2) is 3.52. The highest BCUT2D eigenvalue weighted by molar-refractivity contribution is 5.47. The summed E-state index contributed by atoms with van der Waals surface area (Å²) in [5, 5.41) is 11.3. The van der Waals surface area contributed by atoms with Gasteiger partial charge in [0.1, 0.15) is 12.0 Å². The van der Waals surface area contributed by atoms with Crippen LogP contribution < -0.4 is 5.32 Å². The smallest absolute Gasteiger partial charge is 0.370 e. The Morgan fingerprint density at radius 3 is 2.91 bits per heavy atom. The second-order valence-electron chi connectivity index (χ2n) is 2.03. The summed E-state index contributed by atoms with van der Waals surface area (Å²) in [4.78, 5) is 6.96. The van der Waals surface area contributed by atoms with E-state index in [1.165, 1.54) is 6.20 Å². The highest BCUT2D eigenvalue weighted by atomic mass is 15.0. The highest BCUT2D eigenvalue weighted by Crippen LogP contribution is 2.11. The monoisotopic (exact) mass is 149 g/mol. The van der Waals surface area contributed by atoms with Crippen LogP contribution in [0.1, 0.15) is 6.92 Å². The third kappa shape index (κ3) is 1.90. The molecular weight excluding hydrogens is 140 g/mol. The highest BCUT2D eigenvalue weighted by Gasteiger charge is 2.02. The standard InChI is InChI=1S/C7H9N4/c1-2-9-7-4-3-6(11-8)5-10-7/h3-5H,2H2,1H3,(H,9,10)/q+1. The van der Waals surface area contributed by atoms with Gasteiger partial charge >= 0.3 is 5.69 Å². The summed E-state index contributed by atoms with van der Waals surface area (Å²) in [6.45, 7) is 2.83. The fraction of sp³-hybridized carbons (Fsp3) is 0.286. The van der Waals surface area contributed by atoms with Crippen molar-refractivity contribution in [2.24, 2.45) is 0 Å². The van der Waals surface area contributed by atoms with E-state index in [4.69, 9.17) is 5.39 Å². The molecular formula is C7H9N4+. The Kier molecular flexibility index (Phi) is 2.39. The van der Waals surface area contributed by atoms with E-state index in [1.54, 1.807) is 12.1 Å². The molecule has 0 fully saturated rings. The molecule has 4 nitrogen and oxygen atoms in total. The van der Waals surface area contributed by atoms with Gasteiger partial charge in [0.25, 0.3) is 0 Å². The van der Waals surface area contributed by atoms with Crippen LogP contribution in [0.2, 0.25) is 0 Å². The summed E-state index contributed by atoms with van der Waals surface area (Å²) < 4.78 is 0. The molecule has 0 aliphatic carbocycles. The van der Waals surface area contributed by atoms with Gasteiger partial charge in [0.15, 0.2) is 4.98 Å². The summed E-state index contributed by atoms with van der Waals surface area (Å²) in [5.41, 5.74) is 0.464. The Morgan fingerprint density at radius 1 is 1.64 bits per heavy atom. The van der Waals surface area contributed by atoms with Crippen LogP contribution in [-0.4, -0.2) is 11.5 Å². The zero-order chi connectivity index (χ0) is 8.10. The molecule has 1 rings (SSSR count). The molecule has 0 saturated carbocycles. The van der Waals surface area contributed by atoms with E-state index in [0.717, 1.165) is 12.4 Å². The van der Waals surface area contributed by atoms with Gasteiger partial charge in [-0.2, -0.15) is 0 Å². The van der Waals surface area contributed by atoms with Crippen LogP contribution in [0.5, 0.6) is 0 Å². The Hall–Kier alpha value is -1.63. The summed E-state index contributed by atoms with van der Waals surface area (Å²) in [6.07, 6.45) is 1.50. The predicted molar refractivity (Wildman–Crippen MR) is 43.1 cm³/mol. The molecule has 0 aliphatic heterocycles. The average Bonchev–Trinajstić information content (AvgIpc) is 2.07. The summed E-state index contributed by atoms with van der Waals surface area (Å²) in [6, 6.07) is 3.45. The number of pyridine rings is 1. The molecule has 11 heavy (non-hydrogen) atoms. The van der Waals surface area contributed by atoms with Crippen molar-refractivity contribution in [3.8, 4) is 0 Å². The molecule has 0 saturated heterocycles. The maximum atomic E-state index is 8.32. The van der Waals surface area contributed by atoms with Crippen LogP contribution in [0.3, 0.4) is 0 Å². The lowest BCUT2D eigenvalue weighted by atomic mass is 10.4. The Labute approximate surface area is 64.9 Å². The van der Waals surface area contributed by atoms with E-state index in [1.807, 2.05) is 6.92 Å². The van der Waals surface area contributed by atoms with Crippen LogP contribution in [0.4, 0.5) is 11.5 Å². The quantitative estimate of drug-likeness (QED) is 0.654. The lowest BCUT2D eigenvalue weighted by Gasteiger charge is -1.97. The van der Waals surface area contributed by atoms with Crippen molar-refractivity contribution in [3.63, 3.8) is 0 Å². The minimum atomic E-state index is 0.464. The van der Waals surface area contributed by atoms with E-state index in [2.05, 4.69) is 15.3 Å². The molecule has 0 bridgehead atoms. The molecule has 0 spiro atoms. The Balaban J connectivity index is 2.76. The van der Waals surface area contributed by atoms with E-state index in [-0.39, 0.29) is 0 Å². The number of diazo groups is 1. The second-order valence-corrected chi connectivity index (χ2v) is 2.03. The predicted octanol–water partition coefficient (Wildman–Crippen LogP) is 2.00. The van der Waals surface area contributed by atoms with Gasteiger partial charge in [-0.25, -0.2) is 4.98 Å². The molecule has 0 aromatic carbocycles. The molecule has 1 aromatic heterocycles. The normalized spacial score (nSPS) is 8.73. The maximum absolute atomic E-state index is 8.32. The number of nitrogens with zero attached hydrogens (tertiary/aromatic N) is 3. The van der Waals surface area contributed by atoms with Crippen LogP contribution in [0.15, 0.2) is 18.3 Å². The zero-order valence-corrected chi connectivity index (χ0v) is 6.28. The van der Waals surface area contributed by atoms with Gasteiger partial charge in [0, 0.05) is 12.6 Å². The molecule has 0 aliphatic rings. The van der Waals surface area contributed by atoms with Gasteiger partial charge < -0.3 is 5.32 Å². The van der Waals surface area contributed by atoms with Crippen molar-refractivity contribution < 1.29 is 0 Å². The number of hydrogen-bond donors (Lipinski definition) is 1. The van der Waals surface area contributed by atoms with Crippen molar-refractivity contribution in [3.05, 3.63) is 23.3 Å². The number of anilines is 1. The zero-order valence-electron chi connectivity index (χ0n) is 6.28. The maximum Gasteiger partial charge on any atom is 0.403 e. The number of rotatable bonds is 2. The van der Waals surface area contributed by atoms with Crippen molar-refractivity contribution in [1.29, 1.82) is 5.39 Å². The molecule has 1 heterocycles. The third-order valence-electron chi connectivity index (χ3n) is 1.22. The molecule has 56 valence electrons. The molecule has 0 atom stereocenters. The summed E-state index contributed by atoms with van der Waals surface area (Å²) in [5.74, 6) is 0.792. The largest absolute Gasteiger partial charge is 0.403 e. The van der Waals surface area contributed by atoms with Gasteiger partial charge in [-0.1, -0.05) is 0 Å². The first kappa shape index (κ1) is 7.48. The SMILES string of the molecule is CCNc1ccc([N+]#N)cn1. The first-order valence-corrected chi connectivity index (χ1v) is 3.42. The van der Waals surface area contributed by atoms with Gasteiger partial charge in [0.05, 0.1) is 0 Å². The van der Waals surface area contributed by atoms with Crippen LogP contribution >= 0.6 is 0 Å². The van der Waals surface area contributed by atoms with E-state index in [0.29, 0.717) is 5.69 Å². The first-order valence-electron chi connectivity index (χ1n) is 3.42. The lowest BCUT2D eigenvalue weighted by Crippen LogP contribution is -1.97. The Morgan fingerprint density at radius 2 is 2.45 bits per heavy atom. The minimum absolute atomic E-state index is 0.464. The average molecular weight is 149 g/mol. The molecule has 1 aromatic rings. The van der Waals surface area contributed by atoms with Gasteiger partial charge in [0.2, 0.25) is 5.39 Å². The van der Waals surface area contributed by atoms with Crippen molar-refractivity contribution in [1.82, 2.24) is 4.98 Å². The fourth-order valence-electron chi connectivity index (χ4n) is 0.731. The van der Waals surface area contributed by atoms with Gasteiger partial charge in [-0.05, 0) is 13.0 Å². The summed E-state index contributed by atoms with van der Waals surface area (Å²) >= 11 is 0. The lowest BCUT2D eigenvalue weighted by molar-refractivity contribution is 1.16. The third-order valence-corrected chi connectivity index (χ3v) is 1.22. The van der Waals surface area contributed by atoms with E-state index in [9.17, 15) is 0 Å². The van der Waals surface area contributed by atoms with Crippen molar-refractivity contribution >= 4 is 11.5 Å². The number of aromatic nitrogens is 1. The first-order chi connectivity index (χ1) is 5.36. The van der Waals surface area contributed by atoms with Gasteiger partial charge in [-0.15, -0.1) is 0 Å². The molecule has 1 N–H and O–H groups in total. The van der Waals surface area contributed by atoms with Crippen molar-refractivity contribution in [2.75, 3.05) is 11.9 Å². The number of hydrogen-bond acceptors (Lipinski definition) is 3. The Bertz CT molecular complexity index is 259. The van der Waals surface area contributed by atoms with Crippen LogP contribution in [0.25, 0.3) is 4.98 Å². The fourth-order valence-corrected chi connectivity index (χ4v) is 0.731. The molecule has 4 heteroatoms. The molecule has 0 amide bonds. The molecule has 0 unspecified atom stereocenters. The van der Waals surface area contributed by atoms with Crippen LogP contribution in [-0.2, 0) is 0 Å². The minimum Gasteiger partial charge on any atom is -0.370 e. The van der Waals surface area contributed by atoms with Crippen molar-refractivity contribution in [2.45, 2.75) is 6.92 Å². The van der Waals surface area contributed by atoms with E-state index >= 15 is 0 Å². The van der Waals surface area contributed by atoms with E-state index < -0.39 is 0 Å². The van der Waals surface area contributed by atoms with Crippen LogP contribution in [0, 0.1) is 5.39 Å². The number of nitrogens with one attached hydrogen (secondary N) is 1.